The molecule has 1 aromatic rings. The van der Waals surface area contributed by atoms with Crippen molar-refractivity contribution < 1.29 is 0 Å². The van der Waals surface area contributed by atoms with Gasteiger partial charge in [-0.25, -0.2) is 9.98 Å². The lowest BCUT2D eigenvalue weighted by molar-refractivity contribution is 0.241. The van der Waals surface area contributed by atoms with E-state index in [4.69, 9.17) is 0 Å². The molecule has 0 saturated heterocycles. The van der Waals surface area contributed by atoms with Crippen LogP contribution in [0.3, 0.4) is 0 Å². The monoisotopic (exact) mass is 423 g/mol. The summed E-state index contributed by atoms with van der Waals surface area (Å²) in [6, 6.07) is 0. The molecule has 2 N–H and O–H groups in total. The maximum atomic E-state index is 4.56. The molecule has 1 aromatic heterocycles. The van der Waals surface area contributed by atoms with Gasteiger partial charge in [-0.15, -0.1) is 24.0 Å². The number of hydrogen-bond acceptors (Lipinski definition) is 4. The van der Waals surface area contributed by atoms with Crippen molar-refractivity contribution in [1.29, 1.82) is 0 Å². The summed E-state index contributed by atoms with van der Waals surface area (Å²) in [6.45, 7) is 9.76. The molecule has 0 radical (unpaired) electrons. The number of halogens is 1. The molecule has 7 nitrogen and oxygen atoms in total. The predicted molar refractivity (Wildman–Crippen MR) is 102 cm³/mol. The highest BCUT2D eigenvalue weighted by atomic mass is 127. The first-order valence-electron chi connectivity index (χ1n) is 7.34. The first-order valence-corrected chi connectivity index (χ1v) is 7.34. The van der Waals surface area contributed by atoms with Crippen molar-refractivity contribution in [3.63, 3.8) is 0 Å². The summed E-state index contributed by atoms with van der Waals surface area (Å²) >= 11 is 0. The van der Waals surface area contributed by atoms with Gasteiger partial charge in [0.2, 0.25) is 0 Å². The zero-order chi connectivity index (χ0) is 15.9. The average molecular weight is 423 g/mol. The Kier molecular flexibility index (Phi) is 9.58. The van der Waals surface area contributed by atoms with Gasteiger partial charge in [0.05, 0.1) is 0 Å². The van der Waals surface area contributed by atoms with Gasteiger partial charge in [-0.2, -0.15) is 5.10 Å². The van der Waals surface area contributed by atoms with E-state index in [1.807, 2.05) is 7.05 Å². The molecule has 22 heavy (non-hydrogen) atoms. The second-order valence-electron chi connectivity index (χ2n) is 6.25. The van der Waals surface area contributed by atoms with Crippen LogP contribution in [0.4, 0.5) is 0 Å². The van der Waals surface area contributed by atoms with Crippen molar-refractivity contribution in [3.8, 4) is 0 Å². The zero-order valence-electron chi connectivity index (χ0n) is 14.6. The molecular formula is C14H30IN7. The van der Waals surface area contributed by atoms with Gasteiger partial charge < -0.3 is 15.5 Å². The van der Waals surface area contributed by atoms with Gasteiger partial charge in [0.25, 0.3) is 0 Å². The molecule has 0 aliphatic rings. The van der Waals surface area contributed by atoms with Crippen LogP contribution in [0.2, 0.25) is 0 Å². The summed E-state index contributed by atoms with van der Waals surface area (Å²) in [5.74, 6) is 1.66. The van der Waals surface area contributed by atoms with Crippen LogP contribution in [0.1, 0.15) is 26.6 Å². The van der Waals surface area contributed by atoms with Gasteiger partial charge in [0, 0.05) is 26.7 Å². The van der Waals surface area contributed by atoms with Crippen molar-refractivity contribution in [2.75, 3.05) is 33.7 Å². The quantitative estimate of drug-likeness (QED) is 0.390. The number of aromatic nitrogens is 3. The fraction of sp³-hybridized carbons (Fsp3) is 0.786. The molecule has 0 spiro atoms. The molecule has 0 amide bonds. The Labute approximate surface area is 151 Å². The number of hydrogen-bond donors (Lipinski definition) is 2. The largest absolute Gasteiger partial charge is 0.357 e. The van der Waals surface area contributed by atoms with E-state index in [1.165, 1.54) is 0 Å². The van der Waals surface area contributed by atoms with Crippen molar-refractivity contribution in [2.24, 2.45) is 17.5 Å². The van der Waals surface area contributed by atoms with E-state index < -0.39 is 0 Å². The van der Waals surface area contributed by atoms with Gasteiger partial charge in [0.15, 0.2) is 5.96 Å². The number of guanidine groups is 1. The summed E-state index contributed by atoms with van der Waals surface area (Å²) in [6.07, 6.45) is 1.55. The fourth-order valence-electron chi connectivity index (χ4n) is 2.19. The van der Waals surface area contributed by atoms with Crippen LogP contribution < -0.4 is 10.6 Å². The van der Waals surface area contributed by atoms with Crippen molar-refractivity contribution in [2.45, 2.75) is 27.3 Å². The topological polar surface area (TPSA) is 70.4 Å². The highest BCUT2D eigenvalue weighted by Crippen LogP contribution is 2.13. The summed E-state index contributed by atoms with van der Waals surface area (Å²) < 4.78 is 1.74. The third-order valence-electron chi connectivity index (χ3n) is 3.01. The van der Waals surface area contributed by atoms with Gasteiger partial charge in [-0.1, -0.05) is 13.8 Å². The Balaban J connectivity index is 0.00000441. The number of nitrogens with one attached hydrogen (secondary N) is 2. The molecule has 0 aromatic carbocycles. The van der Waals surface area contributed by atoms with E-state index in [2.05, 4.69) is 65.5 Å². The third-order valence-corrected chi connectivity index (χ3v) is 3.01. The second-order valence-corrected chi connectivity index (χ2v) is 6.25. The standard InChI is InChI=1S/C14H29N7.HI/c1-7-15-13(16-8-12-18-11-19-21(12)6)17-9-14(2,3)10-20(4)5;/h11H,7-10H2,1-6H3,(H2,15,16,17);1H. The summed E-state index contributed by atoms with van der Waals surface area (Å²) in [5, 5.41) is 10.7. The molecule has 1 heterocycles. The molecule has 0 saturated carbocycles. The Hall–Kier alpha value is -0.900. The first-order chi connectivity index (χ1) is 9.84. The van der Waals surface area contributed by atoms with Crippen LogP contribution in [-0.4, -0.2) is 59.4 Å². The van der Waals surface area contributed by atoms with Crippen LogP contribution in [0.5, 0.6) is 0 Å². The highest BCUT2D eigenvalue weighted by Gasteiger charge is 2.19. The molecule has 0 aliphatic carbocycles. The zero-order valence-corrected chi connectivity index (χ0v) is 16.9. The molecule has 128 valence electrons. The minimum Gasteiger partial charge on any atom is -0.357 e. The van der Waals surface area contributed by atoms with E-state index in [9.17, 15) is 0 Å². The van der Waals surface area contributed by atoms with Crippen molar-refractivity contribution in [1.82, 2.24) is 30.3 Å². The van der Waals surface area contributed by atoms with Gasteiger partial charge in [-0.05, 0) is 26.4 Å². The molecule has 0 aliphatic heterocycles. The molecule has 0 atom stereocenters. The molecular weight excluding hydrogens is 393 g/mol. The molecule has 1 rings (SSSR count). The molecule has 8 heteroatoms. The number of rotatable bonds is 7. The van der Waals surface area contributed by atoms with Gasteiger partial charge >= 0.3 is 0 Å². The molecule has 0 bridgehead atoms. The molecule has 0 fully saturated rings. The minimum absolute atomic E-state index is 0. The van der Waals surface area contributed by atoms with Crippen molar-refractivity contribution >= 4 is 29.9 Å². The van der Waals surface area contributed by atoms with Crippen LogP contribution in [0.25, 0.3) is 0 Å². The van der Waals surface area contributed by atoms with Gasteiger partial charge in [-0.3, -0.25) is 4.68 Å². The number of aliphatic imine (C=N–C) groups is 1. The predicted octanol–water partition coefficient (Wildman–Crippen LogP) is 1.08. The number of aryl methyl sites for hydroxylation is 1. The van der Waals surface area contributed by atoms with E-state index in [0.29, 0.717) is 6.54 Å². The number of nitrogens with zero attached hydrogens (tertiary/aromatic N) is 5. The second kappa shape index (κ2) is 9.98. The lowest BCUT2D eigenvalue weighted by Gasteiger charge is -2.29. The lowest BCUT2D eigenvalue weighted by atomic mass is 9.93. The Morgan fingerprint density at radius 2 is 2.05 bits per heavy atom. The van der Waals surface area contributed by atoms with Crippen LogP contribution >= 0.6 is 24.0 Å². The first kappa shape index (κ1) is 21.1. The maximum Gasteiger partial charge on any atom is 0.191 e. The minimum atomic E-state index is 0. The highest BCUT2D eigenvalue weighted by molar-refractivity contribution is 14.0. The summed E-state index contributed by atoms with van der Waals surface area (Å²) in [5.41, 5.74) is 0.171. The normalized spacial score (nSPS) is 12.2. The van der Waals surface area contributed by atoms with Crippen LogP contribution in [0.15, 0.2) is 11.3 Å². The van der Waals surface area contributed by atoms with E-state index in [0.717, 1.165) is 31.4 Å². The Morgan fingerprint density at radius 1 is 1.36 bits per heavy atom. The van der Waals surface area contributed by atoms with E-state index in [1.54, 1.807) is 11.0 Å². The third kappa shape index (κ3) is 7.92. The SMILES string of the molecule is CCNC(=NCc1ncnn1C)NCC(C)(C)CN(C)C.I. The van der Waals surface area contributed by atoms with Crippen molar-refractivity contribution in [3.05, 3.63) is 12.2 Å². The van der Waals surface area contributed by atoms with E-state index >= 15 is 0 Å². The lowest BCUT2D eigenvalue weighted by Crippen LogP contribution is -2.44. The average Bonchev–Trinajstić information content (AvgIpc) is 2.77. The summed E-state index contributed by atoms with van der Waals surface area (Å²) in [4.78, 5) is 10.9. The Bertz CT molecular complexity index is 454. The smallest absolute Gasteiger partial charge is 0.191 e. The van der Waals surface area contributed by atoms with Crippen LogP contribution in [0, 0.1) is 5.41 Å². The fourth-order valence-corrected chi connectivity index (χ4v) is 2.19. The maximum absolute atomic E-state index is 4.56. The van der Waals surface area contributed by atoms with E-state index in [-0.39, 0.29) is 29.4 Å². The summed E-state index contributed by atoms with van der Waals surface area (Å²) in [7, 11) is 6.06. The van der Waals surface area contributed by atoms with Gasteiger partial charge in [0.1, 0.15) is 18.7 Å². The van der Waals surface area contributed by atoms with Crippen LogP contribution in [-0.2, 0) is 13.6 Å². The molecule has 0 unspecified atom stereocenters. The Morgan fingerprint density at radius 3 is 2.55 bits per heavy atom.